The van der Waals surface area contributed by atoms with Crippen LogP contribution in [0.2, 0.25) is 5.02 Å². The maximum absolute atomic E-state index is 12.6. The third-order valence-corrected chi connectivity index (χ3v) is 5.80. The van der Waals surface area contributed by atoms with E-state index in [1.54, 1.807) is 6.92 Å². The second kappa shape index (κ2) is 10.1. The highest BCUT2D eigenvalue weighted by atomic mass is 35.5. The summed E-state index contributed by atoms with van der Waals surface area (Å²) >= 11 is 7.34. The number of hydrogen-bond donors (Lipinski definition) is 2. The molecule has 0 aliphatic heterocycles. The molecule has 2 amide bonds. The Kier molecular flexibility index (Phi) is 7.42. The summed E-state index contributed by atoms with van der Waals surface area (Å²) in [6.07, 6.45) is 2.35. The van der Waals surface area contributed by atoms with E-state index in [4.69, 9.17) is 16.3 Å². The molecule has 3 aromatic rings. The van der Waals surface area contributed by atoms with Crippen LogP contribution < -0.4 is 10.6 Å². The molecule has 0 fully saturated rings. The number of nitrogens with one attached hydrogen (secondary N) is 2. The highest BCUT2D eigenvalue weighted by Gasteiger charge is 2.22. The number of ether oxygens (including phenoxy) is 1. The van der Waals surface area contributed by atoms with Gasteiger partial charge < -0.3 is 10.1 Å². The van der Waals surface area contributed by atoms with Crippen LogP contribution >= 0.6 is 22.9 Å². The van der Waals surface area contributed by atoms with Gasteiger partial charge in [0, 0.05) is 5.41 Å². The highest BCUT2D eigenvalue weighted by Crippen LogP contribution is 2.28. The molecular formula is C22H24ClN5O3S. The summed E-state index contributed by atoms with van der Waals surface area (Å²) in [4.78, 5) is 37.7. The lowest BCUT2D eigenvalue weighted by Gasteiger charge is -2.19. The second-order valence-corrected chi connectivity index (χ2v) is 9.55. The maximum Gasteiger partial charge on any atom is 0.408 e. The van der Waals surface area contributed by atoms with Crippen LogP contribution in [0.4, 0.5) is 10.7 Å². The number of carbonyl (C=O) groups excluding carboxylic acids is 2. The summed E-state index contributed by atoms with van der Waals surface area (Å²) in [6, 6.07) is 8.96. The first-order valence-corrected chi connectivity index (χ1v) is 11.1. The Hall–Kier alpha value is -3.04. The lowest BCUT2D eigenvalue weighted by atomic mass is 9.92. The van der Waals surface area contributed by atoms with E-state index >= 15 is 0 Å². The molecule has 1 aromatic carbocycles. The van der Waals surface area contributed by atoms with Crippen molar-refractivity contribution in [1.29, 1.82) is 0 Å². The number of benzene rings is 1. The molecule has 2 aromatic heterocycles. The van der Waals surface area contributed by atoms with E-state index in [-0.39, 0.29) is 18.0 Å². The van der Waals surface area contributed by atoms with Crippen LogP contribution in [0.25, 0.3) is 0 Å². The number of carbonyl (C=O) groups is 2. The van der Waals surface area contributed by atoms with Gasteiger partial charge in [0.15, 0.2) is 0 Å². The number of hydrogen-bond acceptors (Lipinski definition) is 7. The van der Waals surface area contributed by atoms with Crippen molar-refractivity contribution in [3.05, 3.63) is 68.9 Å². The predicted octanol–water partition coefficient (Wildman–Crippen LogP) is 5.12. The SMILES string of the molecule is CC(NC(=O)OCc1ccccc1)c1ncc(C(=O)Nc2ncc(Cl)c(C(C)(C)C)n2)s1. The zero-order chi connectivity index (χ0) is 23.3. The maximum atomic E-state index is 12.6. The summed E-state index contributed by atoms with van der Waals surface area (Å²) in [6.45, 7) is 7.86. The summed E-state index contributed by atoms with van der Waals surface area (Å²) in [5.41, 5.74) is 1.23. The number of rotatable bonds is 6. The van der Waals surface area contributed by atoms with Gasteiger partial charge in [-0.25, -0.2) is 19.7 Å². The fourth-order valence-corrected chi connectivity index (χ4v) is 3.90. The third-order valence-electron chi connectivity index (χ3n) is 4.34. The third kappa shape index (κ3) is 6.24. The van der Waals surface area contributed by atoms with Crippen LogP contribution in [0, 0.1) is 0 Å². The Balaban J connectivity index is 1.58. The van der Waals surface area contributed by atoms with Crippen LogP contribution in [-0.4, -0.2) is 27.0 Å². The smallest absolute Gasteiger partial charge is 0.408 e. The van der Waals surface area contributed by atoms with Crippen LogP contribution in [0.1, 0.15) is 59.7 Å². The number of nitrogens with zero attached hydrogens (tertiary/aromatic N) is 3. The van der Waals surface area contributed by atoms with E-state index in [0.29, 0.717) is 20.6 Å². The molecule has 2 heterocycles. The van der Waals surface area contributed by atoms with Crippen molar-refractivity contribution in [3.63, 3.8) is 0 Å². The van der Waals surface area contributed by atoms with Gasteiger partial charge in [-0.2, -0.15) is 0 Å². The van der Waals surface area contributed by atoms with Crippen molar-refractivity contribution < 1.29 is 14.3 Å². The summed E-state index contributed by atoms with van der Waals surface area (Å²) in [5.74, 6) is -0.232. The highest BCUT2D eigenvalue weighted by molar-refractivity contribution is 7.13. The topological polar surface area (TPSA) is 106 Å². The molecule has 32 heavy (non-hydrogen) atoms. The average Bonchev–Trinajstić information content (AvgIpc) is 3.24. The Morgan fingerprint density at radius 2 is 1.88 bits per heavy atom. The molecule has 168 valence electrons. The van der Waals surface area contributed by atoms with Crippen molar-refractivity contribution in [2.24, 2.45) is 0 Å². The molecule has 1 unspecified atom stereocenters. The molecule has 1 atom stereocenters. The Morgan fingerprint density at radius 3 is 2.56 bits per heavy atom. The van der Waals surface area contributed by atoms with Gasteiger partial charge in [0.25, 0.3) is 5.91 Å². The minimum Gasteiger partial charge on any atom is -0.445 e. The molecule has 10 heteroatoms. The van der Waals surface area contributed by atoms with E-state index < -0.39 is 18.0 Å². The summed E-state index contributed by atoms with van der Waals surface area (Å²) in [7, 11) is 0. The first kappa shape index (κ1) is 23.6. The van der Waals surface area contributed by atoms with Gasteiger partial charge in [0.05, 0.1) is 29.2 Å². The molecule has 0 radical (unpaired) electrons. The van der Waals surface area contributed by atoms with Gasteiger partial charge in [-0.05, 0) is 12.5 Å². The minimum absolute atomic E-state index is 0.162. The molecule has 0 bridgehead atoms. The van der Waals surface area contributed by atoms with E-state index in [0.717, 1.165) is 16.9 Å². The number of thiazole rings is 1. The van der Waals surface area contributed by atoms with Crippen LogP contribution in [-0.2, 0) is 16.8 Å². The Morgan fingerprint density at radius 1 is 1.16 bits per heavy atom. The van der Waals surface area contributed by atoms with Gasteiger partial charge >= 0.3 is 6.09 Å². The van der Waals surface area contributed by atoms with Crippen molar-refractivity contribution in [3.8, 4) is 0 Å². The standard InChI is InChI=1S/C22H24ClN5O3S/c1-13(26-21(30)31-12-14-8-6-5-7-9-14)19-24-11-16(32-19)18(29)28-20-25-10-15(23)17(27-20)22(2,3)4/h5-11,13H,12H2,1-4H3,(H,26,30)(H,25,27,28,29). The van der Waals surface area contributed by atoms with Gasteiger partial charge in [-0.1, -0.05) is 62.7 Å². The first-order chi connectivity index (χ1) is 15.1. The van der Waals surface area contributed by atoms with Gasteiger partial charge in [0.2, 0.25) is 5.95 Å². The lowest BCUT2D eigenvalue weighted by Crippen LogP contribution is -2.27. The largest absolute Gasteiger partial charge is 0.445 e. The van der Waals surface area contributed by atoms with Crippen molar-refractivity contribution >= 4 is 40.9 Å². The van der Waals surface area contributed by atoms with Gasteiger partial charge in [-0.15, -0.1) is 11.3 Å². The van der Waals surface area contributed by atoms with E-state index in [1.807, 2.05) is 51.1 Å². The monoisotopic (exact) mass is 473 g/mol. The fraction of sp³-hybridized carbons (Fsp3) is 0.318. The molecule has 0 aliphatic carbocycles. The quantitative estimate of drug-likeness (QED) is 0.514. The molecule has 2 N–H and O–H groups in total. The van der Waals surface area contributed by atoms with Crippen LogP contribution in [0.3, 0.4) is 0 Å². The number of anilines is 1. The summed E-state index contributed by atoms with van der Waals surface area (Å²) in [5, 5.41) is 6.39. The number of amides is 2. The van der Waals surface area contributed by atoms with Crippen molar-refractivity contribution in [2.45, 2.75) is 45.8 Å². The number of halogens is 1. The molecule has 0 aliphatic rings. The van der Waals surface area contributed by atoms with Crippen molar-refractivity contribution in [2.75, 3.05) is 5.32 Å². The Bertz CT molecular complexity index is 1100. The molecule has 0 saturated carbocycles. The molecule has 3 rings (SSSR count). The zero-order valence-corrected chi connectivity index (χ0v) is 19.8. The first-order valence-electron chi connectivity index (χ1n) is 9.91. The van der Waals surface area contributed by atoms with E-state index in [9.17, 15) is 9.59 Å². The number of alkyl carbamates (subject to hydrolysis) is 1. The molecule has 0 saturated heterocycles. The van der Waals surface area contributed by atoms with Crippen LogP contribution in [0.5, 0.6) is 0 Å². The molecule has 0 spiro atoms. The second-order valence-electron chi connectivity index (χ2n) is 8.08. The van der Waals surface area contributed by atoms with Crippen LogP contribution in [0.15, 0.2) is 42.7 Å². The van der Waals surface area contributed by atoms with E-state index in [2.05, 4.69) is 25.6 Å². The summed E-state index contributed by atoms with van der Waals surface area (Å²) < 4.78 is 5.22. The van der Waals surface area contributed by atoms with Gasteiger partial charge in [-0.3, -0.25) is 10.1 Å². The van der Waals surface area contributed by atoms with E-state index in [1.165, 1.54) is 12.4 Å². The normalized spacial score (nSPS) is 12.2. The molecule has 8 nitrogen and oxygen atoms in total. The number of aromatic nitrogens is 3. The zero-order valence-electron chi connectivity index (χ0n) is 18.2. The minimum atomic E-state index is -0.563. The van der Waals surface area contributed by atoms with Gasteiger partial charge in [0.1, 0.15) is 16.5 Å². The lowest BCUT2D eigenvalue weighted by molar-refractivity contribution is 0.102. The predicted molar refractivity (Wildman–Crippen MR) is 124 cm³/mol. The molecular weight excluding hydrogens is 450 g/mol. The Labute approximate surface area is 195 Å². The average molecular weight is 474 g/mol. The fourth-order valence-electron chi connectivity index (χ4n) is 2.71. The van der Waals surface area contributed by atoms with Crippen molar-refractivity contribution in [1.82, 2.24) is 20.3 Å².